The Morgan fingerprint density at radius 2 is 1.88 bits per heavy atom. The van der Waals surface area contributed by atoms with E-state index in [1.165, 1.54) is 40.6 Å². The third kappa shape index (κ3) is 4.29. The van der Waals surface area contributed by atoms with Crippen LogP contribution in [-0.4, -0.2) is 30.3 Å². The van der Waals surface area contributed by atoms with Crippen molar-refractivity contribution in [2.75, 3.05) is 5.32 Å². The van der Waals surface area contributed by atoms with Gasteiger partial charge in [-0.1, -0.05) is 30.8 Å². The smallest absolute Gasteiger partial charge is 0.300 e. The zero-order valence-electron chi connectivity index (χ0n) is 17.9. The minimum Gasteiger partial charge on any atom is -0.325 e. The summed E-state index contributed by atoms with van der Waals surface area (Å²) < 4.78 is 16.2. The quantitative estimate of drug-likeness (QED) is 0.446. The number of halogens is 1. The van der Waals surface area contributed by atoms with Crippen LogP contribution in [0.2, 0.25) is 0 Å². The predicted molar refractivity (Wildman–Crippen MR) is 123 cm³/mol. The molecule has 9 heteroatoms. The summed E-state index contributed by atoms with van der Waals surface area (Å²) in [5, 5.41) is 11.2. The number of carbonyl (C=O) groups is 1. The van der Waals surface area contributed by atoms with E-state index in [1.54, 1.807) is 16.8 Å². The van der Waals surface area contributed by atoms with Gasteiger partial charge in [0.2, 0.25) is 11.6 Å². The van der Waals surface area contributed by atoms with Gasteiger partial charge in [0.05, 0.1) is 5.25 Å². The SMILES string of the molecule is CC[C@@H](Sc1nnc2c(=O)n(-c3ccc(F)cc3)ccn12)C(=O)Nc1cc(C)ccc1C. The van der Waals surface area contributed by atoms with Crippen molar-refractivity contribution < 1.29 is 9.18 Å². The van der Waals surface area contributed by atoms with Crippen LogP contribution in [0.1, 0.15) is 24.5 Å². The molecule has 0 spiro atoms. The first kappa shape index (κ1) is 21.8. The Bertz CT molecular complexity index is 1350. The number of hydrogen-bond donors (Lipinski definition) is 1. The van der Waals surface area contributed by atoms with Crippen molar-refractivity contribution in [1.29, 1.82) is 0 Å². The number of anilines is 1. The summed E-state index contributed by atoms with van der Waals surface area (Å²) >= 11 is 1.25. The lowest BCUT2D eigenvalue weighted by atomic mass is 10.1. The molecule has 7 nitrogen and oxygen atoms in total. The van der Waals surface area contributed by atoms with Gasteiger partial charge in [-0.25, -0.2) is 4.39 Å². The first-order chi connectivity index (χ1) is 15.4. The maximum atomic E-state index is 13.2. The number of nitrogens with zero attached hydrogens (tertiary/aromatic N) is 4. The van der Waals surface area contributed by atoms with Crippen molar-refractivity contribution in [2.45, 2.75) is 37.6 Å². The molecular weight excluding hydrogens is 429 g/mol. The molecule has 32 heavy (non-hydrogen) atoms. The lowest BCUT2D eigenvalue weighted by Crippen LogP contribution is -2.25. The van der Waals surface area contributed by atoms with Crippen LogP contribution in [0.3, 0.4) is 0 Å². The number of fused-ring (bicyclic) bond motifs is 1. The Labute approximate surface area is 188 Å². The Balaban J connectivity index is 1.59. The highest BCUT2D eigenvalue weighted by molar-refractivity contribution is 8.00. The summed E-state index contributed by atoms with van der Waals surface area (Å²) in [6.45, 7) is 5.84. The van der Waals surface area contributed by atoms with E-state index in [2.05, 4.69) is 15.5 Å². The lowest BCUT2D eigenvalue weighted by molar-refractivity contribution is -0.115. The summed E-state index contributed by atoms with van der Waals surface area (Å²) in [6, 6.07) is 11.5. The fraction of sp³-hybridized carbons (Fsp3) is 0.217. The number of thioether (sulfide) groups is 1. The van der Waals surface area contributed by atoms with Crippen molar-refractivity contribution in [3.05, 3.63) is 82.2 Å². The van der Waals surface area contributed by atoms with Crippen molar-refractivity contribution in [1.82, 2.24) is 19.2 Å². The highest BCUT2D eigenvalue weighted by Gasteiger charge is 2.22. The predicted octanol–water partition coefficient (Wildman–Crippen LogP) is 4.15. The van der Waals surface area contributed by atoms with Crippen LogP contribution in [0.4, 0.5) is 10.1 Å². The van der Waals surface area contributed by atoms with Gasteiger partial charge in [0, 0.05) is 23.8 Å². The van der Waals surface area contributed by atoms with Gasteiger partial charge in [-0.2, -0.15) is 0 Å². The average Bonchev–Trinajstić information content (AvgIpc) is 3.19. The second-order valence-corrected chi connectivity index (χ2v) is 8.62. The number of rotatable bonds is 6. The molecule has 1 amide bonds. The molecule has 1 N–H and O–H groups in total. The summed E-state index contributed by atoms with van der Waals surface area (Å²) in [5.74, 6) is -0.517. The van der Waals surface area contributed by atoms with Crippen molar-refractivity contribution in [3.63, 3.8) is 0 Å². The maximum Gasteiger partial charge on any atom is 0.300 e. The van der Waals surface area contributed by atoms with Crippen LogP contribution >= 0.6 is 11.8 Å². The first-order valence-electron chi connectivity index (χ1n) is 10.1. The fourth-order valence-electron chi connectivity index (χ4n) is 3.28. The number of amides is 1. The van der Waals surface area contributed by atoms with Gasteiger partial charge in [-0.3, -0.25) is 18.6 Å². The first-order valence-corrected chi connectivity index (χ1v) is 11.0. The number of aryl methyl sites for hydroxylation is 2. The zero-order valence-corrected chi connectivity index (χ0v) is 18.7. The molecule has 1 atom stereocenters. The van der Waals surface area contributed by atoms with Crippen LogP contribution in [0.25, 0.3) is 11.3 Å². The van der Waals surface area contributed by atoms with E-state index in [1.807, 2.05) is 39.0 Å². The second-order valence-electron chi connectivity index (χ2n) is 7.45. The van der Waals surface area contributed by atoms with Crippen LogP contribution < -0.4 is 10.9 Å². The van der Waals surface area contributed by atoms with Gasteiger partial charge in [0.1, 0.15) is 5.82 Å². The van der Waals surface area contributed by atoms with Crippen molar-refractivity contribution in [3.8, 4) is 5.69 Å². The largest absolute Gasteiger partial charge is 0.325 e. The third-order valence-corrected chi connectivity index (χ3v) is 6.43. The minimum atomic E-state index is -0.415. The molecule has 2 heterocycles. The molecule has 2 aromatic heterocycles. The van der Waals surface area contributed by atoms with Gasteiger partial charge in [-0.05, 0) is 61.7 Å². The monoisotopic (exact) mass is 451 g/mol. The number of aromatic nitrogens is 4. The number of carbonyl (C=O) groups excluding carboxylic acids is 1. The number of hydrogen-bond acceptors (Lipinski definition) is 5. The van der Waals surface area contributed by atoms with E-state index in [0.717, 1.165) is 16.8 Å². The highest BCUT2D eigenvalue weighted by atomic mass is 32.2. The maximum absolute atomic E-state index is 13.2. The molecule has 4 rings (SSSR count). The van der Waals surface area contributed by atoms with Crippen LogP contribution in [0, 0.1) is 19.7 Å². The molecule has 4 aromatic rings. The average molecular weight is 452 g/mol. The minimum absolute atomic E-state index is 0.129. The lowest BCUT2D eigenvalue weighted by Gasteiger charge is -2.15. The molecule has 0 radical (unpaired) electrons. The van der Waals surface area contributed by atoms with Crippen LogP contribution in [0.5, 0.6) is 0 Å². The Hall–Kier alpha value is -3.46. The number of nitrogens with one attached hydrogen (secondary N) is 1. The number of benzene rings is 2. The molecule has 0 bridgehead atoms. The van der Waals surface area contributed by atoms with Gasteiger partial charge in [0.25, 0.3) is 0 Å². The van der Waals surface area contributed by atoms with E-state index < -0.39 is 5.25 Å². The second kappa shape index (κ2) is 8.96. The van der Waals surface area contributed by atoms with Gasteiger partial charge >= 0.3 is 5.56 Å². The normalized spacial score (nSPS) is 12.1. The molecule has 2 aromatic carbocycles. The summed E-state index contributed by atoms with van der Waals surface area (Å²) in [4.78, 5) is 25.8. The van der Waals surface area contributed by atoms with Crippen LogP contribution in [0.15, 0.2) is 64.8 Å². The van der Waals surface area contributed by atoms with E-state index in [9.17, 15) is 14.0 Å². The third-order valence-electron chi connectivity index (χ3n) is 5.11. The summed E-state index contributed by atoms with van der Waals surface area (Å²) in [6.07, 6.45) is 3.81. The molecule has 0 aliphatic carbocycles. The van der Waals surface area contributed by atoms with Crippen molar-refractivity contribution in [2.24, 2.45) is 0 Å². The molecule has 164 valence electrons. The van der Waals surface area contributed by atoms with Gasteiger partial charge in [-0.15, -0.1) is 10.2 Å². The molecule has 0 unspecified atom stereocenters. The standard InChI is InChI=1S/C23H22FN5O2S/c1-4-19(21(30)25-18-13-14(2)5-6-15(18)3)32-23-27-26-20-22(31)28(11-12-29(20)23)17-9-7-16(24)8-10-17/h5-13,19H,4H2,1-3H3,(H,25,30)/t19-/m1/s1. The Kier molecular flexibility index (Phi) is 6.09. The van der Waals surface area contributed by atoms with E-state index in [-0.39, 0.29) is 22.9 Å². The fourth-order valence-corrected chi connectivity index (χ4v) is 4.22. The van der Waals surface area contributed by atoms with E-state index in [4.69, 9.17) is 0 Å². The molecule has 0 aliphatic rings. The van der Waals surface area contributed by atoms with Crippen LogP contribution in [-0.2, 0) is 4.79 Å². The Morgan fingerprint density at radius 3 is 2.59 bits per heavy atom. The van der Waals surface area contributed by atoms with Crippen molar-refractivity contribution >= 4 is 29.0 Å². The molecular formula is C23H22FN5O2S. The molecule has 0 saturated carbocycles. The summed E-state index contributed by atoms with van der Waals surface area (Å²) in [5.41, 5.74) is 3.10. The topological polar surface area (TPSA) is 81.3 Å². The highest BCUT2D eigenvalue weighted by Crippen LogP contribution is 2.26. The Morgan fingerprint density at radius 1 is 1.12 bits per heavy atom. The molecule has 0 fully saturated rings. The zero-order chi connectivity index (χ0) is 22.8. The van der Waals surface area contributed by atoms with E-state index in [0.29, 0.717) is 17.3 Å². The van der Waals surface area contributed by atoms with Gasteiger partial charge in [0.15, 0.2) is 5.16 Å². The summed E-state index contributed by atoms with van der Waals surface area (Å²) in [7, 11) is 0. The van der Waals surface area contributed by atoms with E-state index >= 15 is 0 Å². The van der Waals surface area contributed by atoms with Gasteiger partial charge < -0.3 is 5.32 Å². The molecule has 0 aliphatic heterocycles. The molecule has 0 saturated heterocycles.